The lowest BCUT2D eigenvalue weighted by Crippen LogP contribution is -2.61. The van der Waals surface area contributed by atoms with Gasteiger partial charge < -0.3 is 20.4 Å². The smallest absolute Gasteiger partial charge is 0.243 e. The van der Waals surface area contributed by atoms with Crippen molar-refractivity contribution in [2.75, 3.05) is 19.8 Å². The monoisotopic (exact) mass is 594 g/mol. The van der Waals surface area contributed by atoms with Crippen LogP contribution in [0.2, 0.25) is 5.02 Å². The summed E-state index contributed by atoms with van der Waals surface area (Å²) < 4.78 is 22.1. The number of imidazole rings is 1. The Labute approximate surface area is 251 Å². The molecule has 3 aromatic rings. The van der Waals surface area contributed by atoms with Crippen LogP contribution in [0.15, 0.2) is 36.4 Å². The molecule has 0 radical (unpaired) electrons. The Morgan fingerprint density at radius 2 is 1.86 bits per heavy atom. The molecular weight excluding hydrogens is 555 g/mol. The molecule has 42 heavy (non-hydrogen) atoms. The van der Waals surface area contributed by atoms with Gasteiger partial charge in [0.05, 0.1) is 12.1 Å². The summed E-state index contributed by atoms with van der Waals surface area (Å²) in [5.41, 5.74) is 0.687. The second-order valence-electron chi connectivity index (χ2n) is 13.1. The maximum Gasteiger partial charge on any atom is 0.243 e. The molecule has 3 fully saturated rings. The Kier molecular flexibility index (Phi) is 7.59. The quantitative estimate of drug-likeness (QED) is 0.270. The minimum Gasteiger partial charge on any atom is -0.380 e. The topological polar surface area (TPSA) is 96.1 Å². The molecule has 1 aromatic heterocycles. The van der Waals surface area contributed by atoms with Gasteiger partial charge in [-0.25, -0.2) is 9.37 Å². The van der Waals surface area contributed by atoms with Crippen LogP contribution >= 0.6 is 11.6 Å². The van der Waals surface area contributed by atoms with E-state index in [2.05, 4.69) is 28.6 Å². The molecule has 3 atom stereocenters. The van der Waals surface area contributed by atoms with Gasteiger partial charge in [-0.05, 0) is 73.5 Å². The van der Waals surface area contributed by atoms with Gasteiger partial charge in [0.15, 0.2) is 5.82 Å². The zero-order valence-corrected chi connectivity index (χ0v) is 25.4. The number of rotatable bonds is 10. The first-order chi connectivity index (χ1) is 20.1. The highest BCUT2D eigenvalue weighted by Gasteiger charge is 2.51. The molecule has 1 saturated heterocycles. The molecule has 3 aliphatic rings. The van der Waals surface area contributed by atoms with E-state index in [0.29, 0.717) is 37.3 Å². The van der Waals surface area contributed by atoms with Crippen molar-refractivity contribution in [1.82, 2.24) is 20.6 Å². The van der Waals surface area contributed by atoms with Gasteiger partial charge in [-0.15, -0.1) is 0 Å². The fourth-order valence-corrected chi connectivity index (χ4v) is 7.26. The van der Waals surface area contributed by atoms with Crippen LogP contribution in [0.4, 0.5) is 4.39 Å². The summed E-state index contributed by atoms with van der Waals surface area (Å²) in [7, 11) is 0. The molecule has 7 nitrogen and oxygen atoms in total. The van der Waals surface area contributed by atoms with Crippen LogP contribution < -0.4 is 10.6 Å². The Morgan fingerprint density at radius 3 is 2.48 bits per heavy atom. The van der Waals surface area contributed by atoms with Crippen molar-refractivity contribution in [3.63, 3.8) is 0 Å². The number of H-pyrrole nitrogens is 1. The van der Waals surface area contributed by atoms with Crippen molar-refractivity contribution in [2.45, 2.75) is 83.1 Å². The van der Waals surface area contributed by atoms with Crippen LogP contribution in [0.25, 0.3) is 11.0 Å². The summed E-state index contributed by atoms with van der Waals surface area (Å²) in [4.78, 5) is 35.2. The standard InChI is InChI=1S/C33H40ClFN4O3/c1-4-36-29(40)28(32(3)12-7-13-32)39-30(41)33(16-17-42-19-33)21-10-11-24-27(26(21)35)38-25(37-24)18-22(31(2)14-15-31)20-8-5-6-9-23(20)34/h5-6,8-11,22,28H,4,7,12-19H2,1-3H3,(H,36,40)(H,37,38)(H,39,41). The number of carbonyl (C=O) groups is 2. The summed E-state index contributed by atoms with van der Waals surface area (Å²) in [5.74, 6) is -0.263. The Morgan fingerprint density at radius 1 is 1.10 bits per heavy atom. The molecule has 1 aliphatic heterocycles. The van der Waals surface area contributed by atoms with Crippen LogP contribution in [0.1, 0.15) is 82.2 Å². The number of ether oxygens (including phenoxy) is 1. The van der Waals surface area contributed by atoms with Crippen molar-refractivity contribution in [2.24, 2.45) is 10.8 Å². The van der Waals surface area contributed by atoms with E-state index < -0.39 is 17.3 Å². The molecule has 9 heteroatoms. The lowest BCUT2D eigenvalue weighted by atomic mass is 9.65. The molecule has 2 aromatic carbocycles. The van der Waals surface area contributed by atoms with E-state index in [0.717, 1.165) is 42.7 Å². The summed E-state index contributed by atoms with van der Waals surface area (Å²) in [6, 6.07) is 10.7. The van der Waals surface area contributed by atoms with Crippen molar-refractivity contribution in [1.29, 1.82) is 0 Å². The van der Waals surface area contributed by atoms with Crippen LogP contribution in [0, 0.1) is 16.6 Å². The number of carbonyl (C=O) groups excluding carboxylic acids is 2. The van der Waals surface area contributed by atoms with Crippen LogP contribution in [-0.2, 0) is 26.2 Å². The van der Waals surface area contributed by atoms with Gasteiger partial charge in [0.2, 0.25) is 11.8 Å². The van der Waals surface area contributed by atoms with Gasteiger partial charge in [0.1, 0.15) is 22.8 Å². The fraction of sp³-hybridized carbons (Fsp3) is 0.545. The molecule has 3 N–H and O–H groups in total. The normalized spacial score (nSPS) is 23.6. The minimum atomic E-state index is -1.25. The van der Waals surface area contributed by atoms with Crippen molar-refractivity contribution in [3.8, 4) is 0 Å². The maximum atomic E-state index is 16.4. The third-order valence-corrected chi connectivity index (χ3v) is 10.6. The number of fused-ring (bicyclic) bond motifs is 1. The summed E-state index contributed by atoms with van der Waals surface area (Å²) >= 11 is 6.61. The third-order valence-electron chi connectivity index (χ3n) is 10.3. The van der Waals surface area contributed by atoms with Gasteiger partial charge >= 0.3 is 0 Å². The second-order valence-corrected chi connectivity index (χ2v) is 13.5. The number of nitrogens with zero attached hydrogens (tertiary/aromatic N) is 1. The average molecular weight is 595 g/mol. The van der Waals surface area contributed by atoms with Gasteiger partial charge in [-0.2, -0.15) is 0 Å². The molecule has 6 rings (SSSR count). The van der Waals surface area contributed by atoms with E-state index in [1.54, 1.807) is 12.1 Å². The maximum absolute atomic E-state index is 16.4. The highest BCUT2D eigenvalue weighted by molar-refractivity contribution is 6.31. The number of aromatic amines is 1. The minimum absolute atomic E-state index is 0.0459. The predicted molar refractivity (Wildman–Crippen MR) is 161 cm³/mol. The van der Waals surface area contributed by atoms with E-state index in [4.69, 9.17) is 21.3 Å². The lowest BCUT2D eigenvalue weighted by molar-refractivity contribution is -0.137. The zero-order chi connectivity index (χ0) is 29.7. The third kappa shape index (κ3) is 5.00. The zero-order valence-electron chi connectivity index (χ0n) is 24.6. The Bertz CT molecular complexity index is 1510. The largest absolute Gasteiger partial charge is 0.380 e. The Balaban J connectivity index is 1.32. The number of hydrogen-bond donors (Lipinski definition) is 3. The molecule has 0 spiro atoms. The SMILES string of the molecule is CCNC(=O)C(NC(=O)C1(c2ccc3[nH]c(CC(c4ccccc4Cl)C4(C)CC4)nc3c2F)CCOC1)C1(C)CCC1. The fourth-order valence-electron chi connectivity index (χ4n) is 6.99. The highest BCUT2D eigenvalue weighted by Crippen LogP contribution is 2.57. The molecule has 2 aliphatic carbocycles. The number of benzene rings is 2. The van der Waals surface area contributed by atoms with Crippen LogP contribution in [-0.4, -0.2) is 47.6 Å². The first-order valence-corrected chi connectivity index (χ1v) is 15.6. The summed E-state index contributed by atoms with van der Waals surface area (Å²) in [6.45, 7) is 7.00. The van der Waals surface area contributed by atoms with E-state index in [1.165, 1.54) is 0 Å². The van der Waals surface area contributed by atoms with Gasteiger partial charge in [0.25, 0.3) is 0 Å². The molecule has 2 amide bonds. The van der Waals surface area contributed by atoms with E-state index >= 15 is 4.39 Å². The Hall–Kier alpha value is -2.97. The highest BCUT2D eigenvalue weighted by atomic mass is 35.5. The second kappa shape index (κ2) is 10.9. The van der Waals surface area contributed by atoms with Gasteiger partial charge in [-0.1, -0.05) is 56.1 Å². The number of likely N-dealkylation sites (N-methyl/N-ethyl adjacent to an activating group) is 1. The lowest BCUT2D eigenvalue weighted by Gasteiger charge is -2.45. The molecule has 2 heterocycles. The summed E-state index contributed by atoms with van der Waals surface area (Å²) in [6.07, 6.45) is 5.85. The molecule has 3 unspecified atom stereocenters. The first kappa shape index (κ1) is 29.1. The van der Waals surface area contributed by atoms with Gasteiger partial charge in [0, 0.05) is 30.2 Å². The number of hydrogen-bond acceptors (Lipinski definition) is 4. The molecule has 0 bridgehead atoms. The van der Waals surface area contributed by atoms with Crippen molar-refractivity contribution < 1.29 is 18.7 Å². The number of aromatic nitrogens is 2. The first-order valence-electron chi connectivity index (χ1n) is 15.2. The predicted octanol–water partition coefficient (Wildman–Crippen LogP) is 5.95. The van der Waals surface area contributed by atoms with E-state index in [1.807, 2.05) is 32.0 Å². The number of amides is 2. The van der Waals surface area contributed by atoms with E-state index in [9.17, 15) is 9.59 Å². The van der Waals surface area contributed by atoms with Crippen LogP contribution in [0.5, 0.6) is 0 Å². The average Bonchev–Trinajstić information content (AvgIpc) is 3.33. The molecule has 2 saturated carbocycles. The molecule has 224 valence electrons. The molecular formula is C33H40ClFN4O3. The number of halogens is 2. The van der Waals surface area contributed by atoms with E-state index in [-0.39, 0.29) is 46.2 Å². The van der Waals surface area contributed by atoms with Crippen molar-refractivity contribution >= 4 is 34.4 Å². The summed E-state index contributed by atoms with van der Waals surface area (Å²) in [5, 5.41) is 6.64. The van der Waals surface area contributed by atoms with Crippen molar-refractivity contribution in [3.05, 3.63) is 64.2 Å². The van der Waals surface area contributed by atoms with Crippen LogP contribution in [0.3, 0.4) is 0 Å². The van der Waals surface area contributed by atoms with Gasteiger partial charge in [-0.3, -0.25) is 9.59 Å². The number of nitrogens with one attached hydrogen (secondary N) is 3.